The molecular weight excluding hydrogens is 314 g/mol. The lowest BCUT2D eigenvalue weighted by molar-refractivity contribution is 0.413. The van der Waals surface area contributed by atoms with Crippen molar-refractivity contribution >= 4 is 15.8 Å². The molecule has 0 radical (unpaired) electrons. The molecule has 1 aromatic heterocycles. The van der Waals surface area contributed by atoms with Crippen LogP contribution in [0.3, 0.4) is 0 Å². The van der Waals surface area contributed by atoms with E-state index in [-0.39, 0.29) is 10.9 Å². The molecule has 0 amide bonds. The van der Waals surface area contributed by atoms with Gasteiger partial charge in [-0.3, -0.25) is 0 Å². The highest BCUT2D eigenvalue weighted by Crippen LogP contribution is 2.21. The van der Waals surface area contributed by atoms with E-state index in [0.29, 0.717) is 12.3 Å². The molecule has 1 saturated heterocycles. The molecule has 0 bridgehead atoms. The predicted molar refractivity (Wildman–Crippen MR) is 88.2 cm³/mol. The van der Waals surface area contributed by atoms with Gasteiger partial charge >= 0.3 is 0 Å². The van der Waals surface area contributed by atoms with Crippen molar-refractivity contribution in [3.8, 4) is 5.75 Å². The number of anilines is 1. The van der Waals surface area contributed by atoms with Crippen LogP contribution >= 0.6 is 0 Å². The molecule has 1 fully saturated rings. The fourth-order valence-corrected chi connectivity index (χ4v) is 3.96. The summed E-state index contributed by atoms with van der Waals surface area (Å²) < 4.78 is 32.9. The molecule has 2 aromatic rings. The highest BCUT2D eigenvalue weighted by Gasteiger charge is 2.28. The Morgan fingerprint density at radius 3 is 2.87 bits per heavy atom. The zero-order valence-corrected chi connectivity index (χ0v) is 13.7. The van der Waals surface area contributed by atoms with Crippen LogP contribution in [0.15, 0.2) is 53.6 Å². The maximum Gasteiger partial charge on any atom is 0.241 e. The molecule has 3 rings (SSSR count). The second-order valence-electron chi connectivity index (χ2n) is 5.42. The van der Waals surface area contributed by atoms with Crippen LogP contribution in [-0.4, -0.2) is 39.6 Å². The SMILES string of the molecule is COc1cccc(S(=O)(=O)NC2CCN(c3ccccn3)C2)c1. The Balaban J connectivity index is 1.69. The number of nitrogens with one attached hydrogen (secondary N) is 1. The summed E-state index contributed by atoms with van der Waals surface area (Å²) in [5.74, 6) is 1.39. The van der Waals surface area contributed by atoms with Crippen LogP contribution in [0.5, 0.6) is 5.75 Å². The van der Waals surface area contributed by atoms with Crippen molar-refractivity contribution in [2.75, 3.05) is 25.1 Å². The van der Waals surface area contributed by atoms with Crippen molar-refractivity contribution in [2.45, 2.75) is 17.4 Å². The summed E-state index contributed by atoms with van der Waals surface area (Å²) in [7, 11) is -2.04. The van der Waals surface area contributed by atoms with Gasteiger partial charge in [0.25, 0.3) is 0 Å². The minimum Gasteiger partial charge on any atom is -0.497 e. The second-order valence-corrected chi connectivity index (χ2v) is 7.13. The Morgan fingerprint density at radius 1 is 1.26 bits per heavy atom. The zero-order chi connectivity index (χ0) is 16.3. The van der Waals surface area contributed by atoms with Gasteiger partial charge in [-0.05, 0) is 30.7 Å². The summed E-state index contributed by atoms with van der Waals surface area (Å²) >= 11 is 0. The Bertz CT molecular complexity index is 765. The van der Waals surface area contributed by atoms with Gasteiger partial charge < -0.3 is 9.64 Å². The van der Waals surface area contributed by atoms with E-state index >= 15 is 0 Å². The van der Waals surface area contributed by atoms with E-state index < -0.39 is 10.0 Å². The summed E-state index contributed by atoms with van der Waals surface area (Å²) in [5.41, 5.74) is 0. The highest BCUT2D eigenvalue weighted by molar-refractivity contribution is 7.89. The number of ether oxygens (including phenoxy) is 1. The molecule has 1 aromatic carbocycles. The van der Waals surface area contributed by atoms with E-state index in [9.17, 15) is 8.42 Å². The minimum absolute atomic E-state index is 0.131. The first-order valence-corrected chi connectivity index (χ1v) is 8.89. The van der Waals surface area contributed by atoms with Gasteiger partial charge in [0.05, 0.1) is 12.0 Å². The van der Waals surface area contributed by atoms with E-state index in [4.69, 9.17) is 4.74 Å². The summed E-state index contributed by atoms with van der Waals surface area (Å²) in [6, 6.07) is 12.1. The van der Waals surface area contributed by atoms with Crippen LogP contribution in [0.1, 0.15) is 6.42 Å². The van der Waals surface area contributed by atoms with Crippen LogP contribution < -0.4 is 14.4 Å². The largest absolute Gasteiger partial charge is 0.497 e. The number of hydrogen-bond acceptors (Lipinski definition) is 5. The number of sulfonamides is 1. The molecule has 1 atom stereocenters. The van der Waals surface area contributed by atoms with Crippen molar-refractivity contribution in [1.82, 2.24) is 9.71 Å². The number of nitrogens with zero attached hydrogens (tertiary/aromatic N) is 2. The molecule has 1 N–H and O–H groups in total. The molecule has 6 nitrogen and oxygen atoms in total. The Kier molecular flexibility index (Phi) is 4.49. The molecule has 2 heterocycles. The maximum absolute atomic E-state index is 12.5. The molecule has 1 unspecified atom stereocenters. The van der Waals surface area contributed by atoms with Crippen LogP contribution in [0.4, 0.5) is 5.82 Å². The van der Waals surface area contributed by atoms with Gasteiger partial charge in [-0.2, -0.15) is 0 Å². The normalized spacial score (nSPS) is 18.1. The van der Waals surface area contributed by atoms with Crippen molar-refractivity contribution in [3.05, 3.63) is 48.7 Å². The van der Waals surface area contributed by atoms with Crippen LogP contribution in [0, 0.1) is 0 Å². The van der Waals surface area contributed by atoms with Gasteiger partial charge in [0.1, 0.15) is 11.6 Å². The van der Waals surface area contributed by atoms with Gasteiger partial charge in [-0.1, -0.05) is 12.1 Å². The number of rotatable bonds is 5. The lowest BCUT2D eigenvalue weighted by Gasteiger charge is -2.18. The lowest BCUT2D eigenvalue weighted by Crippen LogP contribution is -2.37. The fourth-order valence-electron chi connectivity index (χ4n) is 2.66. The Hall–Kier alpha value is -2.12. The quantitative estimate of drug-likeness (QED) is 0.901. The molecule has 7 heteroatoms. The molecule has 1 aliphatic rings. The molecular formula is C16H19N3O3S. The maximum atomic E-state index is 12.5. The first-order valence-electron chi connectivity index (χ1n) is 7.41. The predicted octanol–water partition coefficient (Wildman–Crippen LogP) is 1.65. The summed E-state index contributed by atoms with van der Waals surface area (Å²) in [6.07, 6.45) is 2.49. The first-order chi connectivity index (χ1) is 11.1. The van der Waals surface area contributed by atoms with E-state index in [0.717, 1.165) is 18.8 Å². The van der Waals surface area contributed by atoms with Gasteiger partial charge in [0.15, 0.2) is 0 Å². The van der Waals surface area contributed by atoms with E-state index in [1.807, 2.05) is 18.2 Å². The topological polar surface area (TPSA) is 71.5 Å². The average Bonchev–Trinajstić information content (AvgIpc) is 3.03. The van der Waals surface area contributed by atoms with E-state index in [2.05, 4.69) is 14.6 Å². The molecule has 0 aliphatic carbocycles. The van der Waals surface area contributed by atoms with Gasteiger partial charge in [0, 0.05) is 31.4 Å². The smallest absolute Gasteiger partial charge is 0.241 e. The number of hydrogen-bond donors (Lipinski definition) is 1. The zero-order valence-electron chi connectivity index (χ0n) is 12.8. The second kappa shape index (κ2) is 6.55. The summed E-state index contributed by atoms with van der Waals surface area (Å²) in [6.45, 7) is 1.39. The average molecular weight is 333 g/mol. The highest BCUT2D eigenvalue weighted by atomic mass is 32.2. The third kappa shape index (κ3) is 3.62. The Labute approximate surface area is 136 Å². The van der Waals surface area contributed by atoms with E-state index in [1.54, 1.807) is 24.4 Å². The van der Waals surface area contributed by atoms with Gasteiger partial charge in [-0.25, -0.2) is 18.1 Å². The lowest BCUT2D eigenvalue weighted by atomic mass is 10.3. The van der Waals surface area contributed by atoms with Crippen LogP contribution in [-0.2, 0) is 10.0 Å². The van der Waals surface area contributed by atoms with Crippen molar-refractivity contribution < 1.29 is 13.2 Å². The third-order valence-corrected chi connectivity index (χ3v) is 5.35. The molecule has 0 saturated carbocycles. The van der Waals surface area contributed by atoms with Crippen LogP contribution in [0.25, 0.3) is 0 Å². The van der Waals surface area contributed by atoms with Crippen LogP contribution in [0.2, 0.25) is 0 Å². The molecule has 23 heavy (non-hydrogen) atoms. The first kappa shape index (κ1) is 15.8. The van der Waals surface area contributed by atoms with Crippen molar-refractivity contribution in [1.29, 1.82) is 0 Å². The molecule has 122 valence electrons. The number of methoxy groups -OCH3 is 1. The third-order valence-electron chi connectivity index (χ3n) is 3.83. The summed E-state index contributed by atoms with van der Waals surface area (Å²) in [5, 5.41) is 0. The number of pyridine rings is 1. The summed E-state index contributed by atoms with van der Waals surface area (Å²) in [4.78, 5) is 6.60. The molecule has 0 spiro atoms. The van der Waals surface area contributed by atoms with Crippen molar-refractivity contribution in [3.63, 3.8) is 0 Å². The number of benzene rings is 1. The monoisotopic (exact) mass is 333 g/mol. The minimum atomic E-state index is -3.56. The van der Waals surface area contributed by atoms with Crippen molar-refractivity contribution in [2.24, 2.45) is 0 Å². The standard InChI is InChI=1S/C16H19N3O3S/c1-22-14-5-4-6-15(11-14)23(20,21)18-13-8-10-19(12-13)16-7-2-3-9-17-16/h2-7,9,11,13,18H,8,10,12H2,1H3. The van der Waals surface area contributed by atoms with Gasteiger partial charge in [-0.15, -0.1) is 0 Å². The molecule has 1 aliphatic heterocycles. The van der Waals surface area contributed by atoms with Gasteiger partial charge in [0.2, 0.25) is 10.0 Å². The number of aromatic nitrogens is 1. The Morgan fingerprint density at radius 2 is 2.13 bits per heavy atom. The van der Waals surface area contributed by atoms with E-state index in [1.165, 1.54) is 13.2 Å². The fraction of sp³-hybridized carbons (Fsp3) is 0.312.